The maximum Gasteiger partial charge on any atom is 0.333 e. The highest BCUT2D eigenvalue weighted by Gasteiger charge is 2.35. The van der Waals surface area contributed by atoms with E-state index in [0.29, 0.717) is 5.57 Å². The van der Waals surface area contributed by atoms with E-state index in [1.165, 1.54) is 20.1 Å². The summed E-state index contributed by atoms with van der Waals surface area (Å²) in [5.74, 6) is -0.787. The molecule has 5 N–H and O–H groups in total. The minimum Gasteiger partial charge on any atom is -0.466 e. The number of esters is 1. The van der Waals surface area contributed by atoms with E-state index in [1.54, 1.807) is 0 Å². The van der Waals surface area contributed by atoms with E-state index < -0.39 is 36.9 Å². The van der Waals surface area contributed by atoms with Gasteiger partial charge in [-0.2, -0.15) is 0 Å². The minimum atomic E-state index is -1.05. The van der Waals surface area contributed by atoms with Crippen molar-refractivity contribution in [3.8, 4) is 0 Å². The molecule has 0 aromatic heterocycles. The summed E-state index contributed by atoms with van der Waals surface area (Å²) < 4.78 is 10.1. The predicted molar refractivity (Wildman–Crippen MR) is 73.1 cm³/mol. The van der Waals surface area contributed by atoms with Gasteiger partial charge in [-0.15, -0.1) is 0 Å². The summed E-state index contributed by atoms with van der Waals surface area (Å²) >= 11 is 0. The fourth-order valence-corrected chi connectivity index (χ4v) is 2.13. The molecule has 8 heteroatoms. The quantitative estimate of drug-likeness (QED) is 0.420. The third-order valence-corrected chi connectivity index (χ3v) is 3.15. The Hall–Kier alpha value is -1.48. The van der Waals surface area contributed by atoms with Crippen molar-refractivity contribution in [2.24, 2.45) is 5.73 Å². The highest BCUT2D eigenvalue weighted by Crippen LogP contribution is 2.21. The maximum absolute atomic E-state index is 11.6. The standard InChI is InChI=1S/C13H22N2O6/c1-7(17)15-12-10(14)3-8(13(19)20-2)4-11(12)21-6-9(18)5-16/h4,9-12,16,18H,3,5-6,14H2,1-2H3,(H,15,17)/t9?,10-,11+,12+/m0/s1. The molecule has 0 radical (unpaired) electrons. The van der Waals surface area contributed by atoms with E-state index in [2.05, 4.69) is 10.1 Å². The van der Waals surface area contributed by atoms with E-state index >= 15 is 0 Å². The van der Waals surface area contributed by atoms with Crippen LogP contribution in [0.2, 0.25) is 0 Å². The molecule has 0 aromatic rings. The molecule has 21 heavy (non-hydrogen) atoms. The molecule has 1 amide bonds. The van der Waals surface area contributed by atoms with Crippen LogP contribution in [0.5, 0.6) is 0 Å². The highest BCUT2D eigenvalue weighted by atomic mass is 16.5. The number of nitrogens with two attached hydrogens (primary N) is 1. The topological polar surface area (TPSA) is 131 Å². The van der Waals surface area contributed by atoms with Gasteiger partial charge in [-0.3, -0.25) is 4.79 Å². The van der Waals surface area contributed by atoms with Crippen LogP contribution in [0.4, 0.5) is 0 Å². The van der Waals surface area contributed by atoms with Crippen LogP contribution >= 0.6 is 0 Å². The molecule has 8 nitrogen and oxygen atoms in total. The number of nitrogens with one attached hydrogen (secondary N) is 1. The number of hydrogen-bond donors (Lipinski definition) is 4. The van der Waals surface area contributed by atoms with Crippen molar-refractivity contribution in [1.29, 1.82) is 0 Å². The summed E-state index contributed by atoms with van der Waals surface area (Å²) in [6.45, 7) is 0.762. The van der Waals surface area contributed by atoms with Crippen LogP contribution in [0.25, 0.3) is 0 Å². The lowest BCUT2D eigenvalue weighted by atomic mass is 9.88. The Kier molecular flexibility index (Phi) is 6.76. The second-order valence-electron chi connectivity index (χ2n) is 4.91. The highest BCUT2D eigenvalue weighted by molar-refractivity contribution is 5.89. The van der Waals surface area contributed by atoms with E-state index in [0.717, 1.165) is 0 Å². The zero-order valence-electron chi connectivity index (χ0n) is 12.1. The number of rotatable bonds is 6. The van der Waals surface area contributed by atoms with Crippen LogP contribution in [0, 0.1) is 0 Å². The van der Waals surface area contributed by atoms with Gasteiger partial charge in [0, 0.05) is 18.5 Å². The van der Waals surface area contributed by atoms with E-state index in [1.807, 2.05) is 0 Å². The molecule has 0 aromatic carbocycles. The first-order valence-corrected chi connectivity index (χ1v) is 6.61. The van der Waals surface area contributed by atoms with Crippen molar-refractivity contribution in [1.82, 2.24) is 5.32 Å². The molecule has 1 rings (SSSR count). The van der Waals surface area contributed by atoms with E-state index in [-0.39, 0.29) is 18.9 Å². The van der Waals surface area contributed by atoms with Gasteiger partial charge in [0.2, 0.25) is 5.91 Å². The fourth-order valence-electron chi connectivity index (χ4n) is 2.13. The van der Waals surface area contributed by atoms with E-state index in [9.17, 15) is 14.7 Å². The molecule has 4 atom stereocenters. The van der Waals surface area contributed by atoms with Crippen LogP contribution in [0.1, 0.15) is 13.3 Å². The molecule has 0 spiro atoms. The number of aliphatic hydroxyl groups excluding tert-OH is 2. The molecule has 0 saturated carbocycles. The Morgan fingerprint density at radius 3 is 2.76 bits per heavy atom. The molecule has 0 bridgehead atoms. The smallest absolute Gasteiger partial charge is 0.333 e. The molecular weight excluding hydrogens is 280 g/mol. The van der Waals surface area contributed by atoms with Crippen LogP contribution in [0.15, 0.2) is 11.6 Å². The number of ether oxygens (including phenoxy) is 2. The van der Waals surface area contributed by atoms with Crippen molar-refractivity contribution in [3.63, 3.8) is 0 Å². The van der Waals surface area contributed by atoms with Crippen LogP contribution in [-0.4, -0.2) is 66.7 Å². The summed E-state index contributed by atoms with van der Waals surface area (Å²) in [5, 5.41) is 20.8. The summed E-state index contributed by atoms with van der Waals surface area (Å²) in [5.41, 5.74) is 6.34. The van der Waals surface area contributed by atoms with Gasteiger partial charge < -0.3 is 30.7 Å². The Labute approximate surface area is 122 Å². The van der Waals surface area contributed by atoms with Crippen LogP contribution in [-0.2, 0) is 19.1 Å². The normalized spacial score (nSPS) is 26.7. The van der Waals surface area contributed by atoms with Gasteiger partial charge in [-0.25, -0.2) is 4.79 Å². The van der Waals surface area contributed by atoms with Crippen molar-refractivity contribution in [2.45, 2.75) is 37.6 Å². The molecule has 0 heterocycles. The lowest BCUT2D eigenvalue weighted by Crippen LogP contribution is -2.56. The van der Waals surface area contributed by atoms with Gasteiger partial charge in [-0.05, 0) is 12.5 Å². The van der Waals surface area contributed by atoms with Crippen LogP contribution < -0.4 is 11.1 Å². The van der Waals surface area contributed by atoms with Gasteiger partial charge in [0.15, 0.2) is 0 Å². The lowest BCUT2D eigenvalue weighted by Gasteiger charge is -2.35. The summed E-state index contributed by atoms with van der Waals surface area (Å²) in [7, 11) is 1.26. The van der Waals surface area contributed by atoms with Gasteiger partial charge in [0.1, 0.15) is 6.10 Å². The Bertz CT molecular complexity index is 411. The molecular formula is C13H22N2O6. The molecule has 1 aliphatic rings. The summed E-state index contributed by atoms with van der Waals surface area (Å²) in [6.07, 6.45) is 0.0454. The molecule has 0 saturated heterocycles. The van der Waals surface area contributed by atoms with Gasteiger partial charge in [-0.1, -0.05) is 0 Å². The zero-order chi connectivity index (χ0) is 16.0. The Balaban J connectivity index is 2.88. The average Bonchev–Trinajstić information content (AvgIpc) is 2.45. The number of methoxy groups -OCH3 is 1. The second kappa shape index (κ2) is 8.08. The molecule has 0 aliphatic heterocycles. The third kappa shape index (κ3) is 5.09. The van der Waals surface area contributed by atoms with Crippen LogP contribution in [0.3, 0.4) is 0 Å². The largest absolute Gasteiger partial charge is 0.466 e. The van der Waals surface area contributed by atoms with Crippen molar-refractivity contribution in [2.75, 3.05) is 20.3 Å². The molecule has 1 aliphatic carbocycles. The third-order valence-electron chi connectivity index (χ3n) is 3.15. The SMILES string of the molecule is COC(=O)C1=C[C@@H](OCC(O)CO)[C@H](NC(C)=O)[C@@H](N)C1. The van der Waals surface area contributed by atoms with Gasteiger partial charge in [0.05, 0.1) is 32.5 Å². The first kappa shape index (κ1) is 17.6. The van der Waals surface area contributed by atoms with E-state index in [4.69, 9.17) is 15.6 Å². The number of aliphatic hydroxyl groups is 2. The fraction of sp³-hybridized carbons (Fsp3) is 0.692. The number of amides is 1. The first-order chi connectivity index (χ1) is 9.88. The molecule has 1 unspecified atom stereocenters. The number of carbonyl (C=O) groups is 2. The average molecular weight is 302 g/mol. The van der Waals surface area contributed by atoms with Crippen molar-refractivity contribution in [3.05, 3.63) is 11.6 Å². The lowest BCUT2D eigenvalue weighted by molar-refractivity contribution is -0.136. The van der Waals surface area contributed by atoms with Gasteiger partial charge in [0.25, 0.3) is 0 Å². The van der Waals surface area contributed by atoms with Crippen molar-refractivity contribution >= 4 is 11.9 Å². The Morgan fingerprint density at radius 1 is 1.57 bits per heavy atom. The predicted octanol–water partition coefficient (Wildman–Crippen LogP) is -1.94. The zero-order valence-corrected chi connectivity index (χ0v) is 12.1. The first-order valence-electron chi connectivity index (χ1n) is 6.61. The summed E-state index contributed by atoms with van der Waals surface area (Å²) in [6, 6.07) is -1.05. The maximum atomic E-state index is 11.6. The minimum absolute atomic E-state index is 0.144. The Morgan fingerprint density at radius 2 is 2.24 bits per heavy atom. The second-order valence-corrected chi connectivity index (χ2v) is 4.91. The molecule has 120 valence electrons. The van der Waals surface area contributed by atoms with Gasteiger partial charge >= 0.3 is 5.97 Å². The summed E-state index contributed by atoms with van der Waals surface area (Å²) in [4.78, 5) is 22.8. The monoisotopic (exact) mass is 302 g/mol. The number of hydrogen-bond acceptors (Lipinski definition) is 7. The number of carbonyl (C=O) groups excluding carboxylic acids is 2. The van der Waals surface area contributed by atoms with Crippen molar-refractivity contribution < 1.29 is 29.3 Å². The molecule has 0 fully saturated rings.